The Labute approximate surface area is 166 Å². The van der Waals surface area contributed by atoms with E-state index in [0.717, 1.165) is 5.56 Å². The lowest BCUT2D eigenvalue weighted by Crippen LogP contribution is -2.12. The van der Waals surface area contributed by atoms with Crippen LogP contribution in [0.25, 0.3) is 6.08 Å². The molecule has 1 heterocycles. The van der Waals surface area contributed by atoms with Crippen LogP contribution in [0.4, 0.5) is 10.1 Å². The van der Waals surface area contributed by atoms with E-state index in [-0.39, 0.29) is 17.7 Å². The highest BCUT2D eigenvalue weighted by Gasteiger charge is 2.13. The Morgan fingerprint density at radius 1 is 1.07 bits per heavy atom. The first kappa shape index (κ1) is 19.5. The maximum atomic E-state index is 13.7. The minimum atomic E-state index is -0.511. The van der Waals surface area contributed by atoms with E-state index in [1.54, 1.807) is 44.2 Å². The molecule has 0 atom stereocenters. The summed E-state index contributed by atoms with van der Waals surface area (Å²) in [5.74, 6) is -0.832. The third kappa shape index (κ3) is 4.72. The first-order valence-electron chi connectivity index (χ1n) is 8.45. The van der Waals surface area contributed by atoms with Crippen LogP contribution < -0.4 is 10.1 Å². The zero-order chi connectivity index (χ0) is 20.1. The average Bonchev–Trinajstić information content (AvgIpc) is 2.66. The standard InChI is InChI=1S/C21H17ClFN3O2/c1-13-20(26-19(27)12-11-15-7-3-4-8-16(15)22)14(2)25-21(24-13)28-18-10-6-5-9-17(18)23/h3-12H,1-2H3,(H,26,27)/b12-11+. The summed E-state index contributed by atoms with van der Waals surface area (Å²) < 4.78 is 19.1. The van der Waals surface area contributed by atoms with Gasteiger partial charge in [0.25, 0.3) is 0 Å². The Hall–Kier alpha value is -3.25. The van der Waals surface area contributed by atoms with E-state index in [4.69, 9.17) is 16.3 Å². The number of rotatable bonds is 5. The molecule has 1 amide bonds. The minimum Gasteiger partial charge on any atom is -0.421 e. The lowest BCUT2D eigenvalue weighted by molar-refractivity contribution is -0.111. The van der Waals surface area contributed by atoms with Gasteiger partial charge in [-0.1, -0.05) is 41.9 Å². The highest BCUT2D eigenvalue weighted by molar-refractivity contribution is 6.32. The molecular weight excluding hydrogens is 381 g/mol. The Morgan fingerprint density at radius 3 is 2.39 bits per heavy atom. The van der Waals surface area contributed by atoms with Gasteiger partial charge in [-0.3, -0.25) is 4.79 Å². The SMILES string of the molecule is Cc1nc(Oc2ccccc2F)nc(C)c1NC(=O)/C=C/c1ccccc1Cl. The second kappa shape index (κ2) is 8.63. The maximum absolute atomic E-state index is 13.7. The predicted octanol–water partition coefficient (Wildman–Crippen LogP) is 5.33. The third-order valence-electron chi connectivity index (χ3n) is 3.86. The quantitative estimate of drug-likeness (QED) is 0.591. The highest BCUT2D eigenvalue weighted by Crippen LogP contribution is 2.25. The van der Waals surface area contributed by atoms with Crippen molar-refractivity contribution in [1.29, 1.82) is 0 Å². The van der Waals surface area contributed by atoms with Crippen LogP contribution in [0.1, 0.15) is 17.0 Å². The molecule has 28 heavy (non-hydrogen) atoms. The summed E-state index contributed by atoms with van der Waals surface area (Å²) in [6.07, 6.45) is 3.00. The summed E-state index contributed by atoms with van der Waals surface area (Å²) in [6, 6.07) is 13.2. The van der Waals surface area contributed by atoms with Gasteiger partial charge in [0, 0.05) is 11.1 Å². The molecule has 0 bridgehead atoms. The van der Waals surface area contributed by atoms with Gasteiger partial charge in [0.2, 0.25) is 5.91 Å². The van der Waals surface area contributed by atoms with Gasteiger partial charge in [0.1, 0.15) is 0 Å². The second-order valence-corrected chi connectivity index (χ2v) is 6.34. The van der Waals surface area contributed by atoms with Gasteiger partial charge in [-0.05, 0) is 43.7 Å². The minimum absolute atomic E-state index is 0.00436. The molecule has 0 aliphatic heterocycles. The molecule has 0 fully saturated rings. The number of nitrogens with one attached hydrogen (secondary N) is 1. The van der Waals surface area contributed by atoms with E-state index in [0.29, 0.717) is 22.1 Å². The van der Waals surface area contributed by atoms with Crippen molar-refractivity contribution in [1.82, 2.24) is 9.97 Å². The Bertz CT molecular complexity index is 1030. The molecule has 0 spiro atoms. The van der Waals surface area contributed by atoms with Crippen molar-refractivity contribution in [2.75, 3.05) is 5.32 Å². The van der Waals surface area contributed by atoms with E-state index >= 15 is 0 Å². The van der Waals surface area contributed by atoms with E-state index in [1.807, 2.05) is 12.1 Å². The van der Waals surface area contributed by atoms with Gasteiger partial charge in [-0.25, -0.2) is 4.39 Å². The van der Waals surface area contributed by atoms with Crippen LogP contribution in [0.5, 0.6) is 11.8 Å². The van der Waals surface area contributed by atoms with Crippen LogP contribution in [0.15, 0.2) is 54.6 Å². The lowest BCUT2D eigenvalue weighted by Gasteiger charge is -2.11. The van der Waals surface area contributed by atoms with Crippen molar-refractivity contribution in [3.63, 3.8) is 0 Å². The Kier molecular flexibility index (Phi) is 6.01. The molecule has 0 saturated heterocycles. The van der Waals surface area contributed by atoms with Gasteiger partial charge in [0.05, 0.1) is 17.1 Å². The van der Waals surface area contributed by atoms with Crippen molar-refractivity contribution in [3.05, 3.63) is 82.4 Å². The molecule has 5 nitrogen and oxygen atoms in total. The third-order valence-corrected chi connectivity index (χ3v) is 4.20. The fourth-order valence-electron chi connectivity index (χ4n) is 2.48. The van der Waals surface area contributed by atoms with Crippen molar-refractivity contribution in [3.8, 4) is 11.8 Å². The van der Waals surface area contributed by atoms with Gasteiger partial charge < -0.3 is 10.1 Å². The first-order valence-corrected chi connectivity index (χ1v) is 8.83. The topological polar surface area (TPSA) is 64.1 Å². The monoisotopic (exact) mass is 397 g/mol. The molecule has 142 valence electrons. The van der Waals surface area contributed by atoms with Gasteiger partial charge in [-0.2, -0.15) is 9.97 Å². The number of para-hydroxylation sites is 1. The van der Waals surface area contributed by atoms with E-state index in [1.165, 1.54) is 18.2 Å². The molecule has 1 N–H and O–H groups in total. The van der Waals surface area contributed by atoms with Crippen LogP contribution in [-0.4, -0.2) is 15.9 Å². The largest absolute Gasteiger partial charge is 0.421 e. The molecule has 2 aromatic carbocycles. The Morgan fingerprint density at radius 2 is 1.71 bits per heavy atom. The number of halogens is 2. The molecule has 1 aromatic heterocycles. The second-order valence-electron chi connectivity index (χ2n) is 5.93. The normalized spacial score (nSPS) is 10.9. The smallest absolute Gasteiger partial charge is 0.322 e. The van der Waals surface area contributed by atoms with Crippen LogP contribution in [0.3, 0.4) is 0 Å². The fourth-order valence-corrected chi connectivity index (χ4v) is 2.68. The van der Waals surface area contributed by atoms with Crippen LogP contribution in [0.2, 0.25) is 5.02 Å². The number of aryl methyl sites for hydroxylation is 2. The summed E-state index contributed by atoms with van der Waals surface area (Å²) in [7, 11) is 0. The first-order chi connectivity index (χ1) is 13.4. The zero-order valence-electron chi connectivity index (χ0n) is 15.2. The zero-order valence-corrected chi connectivity index (χ0v) is 16.0. The molecule has 0 aliphatic carbocycles. The van der Waals surface area contributed by atoms with E-state index in [9.17, 15) is 9.18 Å². The molecule has 7 heteroatoms. The van der Waals surface area contributed by atoms with Crippen LogP contribution >= 0.6 is 11.6 Å². The van der Waals surface area contributed by atoms with Crippen LogP contribution in [-0.2, 0) is 4.79 Å². The number of benzene rings is 2. The molecule has 0 unspecified atom stereocenters. The summed E-state index contributed by atoms with van der Waals surface area (Å²) in [5.41, 5.74) is 2.20. The summed E-state index contributed by atoms with van der Waals surface area (Å²) in [4.78, 5) is 20.6. The molecule has 0 aliphatic rings. The van der Waals surface area contributed by atoms with E-state index < -0.39 is 5.82 Å². The number of ether oxygens (including phenoxy) is 1. The van der Waals surface area contributed by atoms with Crippen molar-refractivity contribution in [2.45, 2.75) is 13.8 Å². The summed E-state index contributed by atoms with van der Waals surface area (Å²) >= 11 is 6.07. The summed E-state index contributed by atoms with van der Waals surface area (Å²) in [5, 5.41) is 3.30. The number of hydrogen-bond donors (Lipinski definition) is 1. The number of nitrogens with zero attached hydrogens (tertiary/aromatic N) is 2. The summed E-state index contributed by atoms with van der Waals surface area (Å²) in [6.45, 7) is 3.41. The average molecular weight is 398 g/mol. The number of carbonyl (C=O) groups excluding carboxylic acids is 1. The van der Waals surface area contributed by atoms with Crippen molar-refractivity contribution < 1.29 is 13.9 Å². The van der Waals surface area contributed by atoms with Gasteiger partial charge in [-0.15, -0.1) is 0 Å². The molecular formula is C21H17ClFN3O2. The number of aromatic nitrogens is 2. The predicted molar refractivity (Wildman–Crippen MR) is 107 cm³/mol. The molecule has 3 rings (SSSR count). The molecule has 0 radical (unpaired) electrons. The highest BCUT2D eigenvalue weighted by atomic mass is 35.5. The fraction of sp³-hybridized carbons (Fsp3) is 0.0952. The number of amides is 1. The van der Waals surface area contributed by atoms with Gasteiger partial charge in [0.15, 0.2) is 11.6 Å². The van der Waals surface area contributed by atoms with Gasteiger partial charge >= 0.3 is 6.01 Å². The molecule has 0 saturated carbocycles. The van der Waals surface area contributed by atoms with Crippen LogP contribution in [0, 0.1) is 19.7 Å². The van der Waals surface area contributed by atoms with Crippen molar-refractivity contribution >= 4 is 29.3 Å². The Balaban J connectivity index is 1.75. The molecule has 3 aromatic rings. The van der Waals surface area contributed by atoms with E-state index in [2.05, 4.69) is 15.3 Å². The number of carbonyl (C=O) groups is 1. The van der Waals surface area contributed by atoms with Crippen molar-refractivity contribution in [2.24, 2.45) is 0 Å². The lowest BCUT2D eigenvalue weighted by atomic mass is 10.2. The maximum Gasteiger partial charge on any atom is 0.322 e. The number of hydrogen-bond acceptors (Lipinski definition) is 4. The number of anilines is 1.